The third-order valence-corrected chi connectivity index (χ3v) is 5.75. The van der Waals surface area contributed by atoms with Gasteiger partial charge in [-0.1, -0.05) is 18.2 Å². The van der Waals surface area contributed by atoms with Crippen LogP contribution in [-0.4, -0.2) is 41.0 Å². The predicted octanol–water partition coefficient (Wildman–Crippen LogP) is 4.25. The second kappa shape index (κ2) is 7.16. The summed E-state index contributed by atoms with van der Waals surface area (Å²) in [5, 5.41) is 3.04. The van der Waals surface area contributed by atoms with Gasteiger partial charge >= 0.3 is 6.03 Å². The number of anilines is 1. The van der Waals surface area contributed by atoms with Crippen molar-refractivity contribution in [1.82, 2.24) is 9.80 Å². The van der Waals surface area contributed by atoms with Crippen molar-refractivity contribution >= 4 is 11.7 Å². The van der Waals surface area contributed by atoms with Crippen molar-refractivity contribution in [1.29, 1.82) is 0 Å². The summed E-state index contributed by atoms with van der Waals surface area (Å²) in [5.74, 6) is 1.98. The van der Waals surface area contributed by atoms with Crippen molar-refractivity contribution in [3.63, 3.8) is 0 Å². The van der Waals surface area contributed by atoms with E-state index in [2.05, 4.69) is 16.3 Å². The minimum absolute atomic E-state index is 0.0102. The van der Waals surface area contributed by atoms with Crippen LogP contribution in [0.1, 0.15) is 37.2 Å². The molecule has 1 atom stereocenters. The number of carbonyl (C=O) groups excluding carboxylic acids is 1. The molecular formula is C21H27N3O2. The van der Waals surface area contributed by atoms with Crippen molar-refractivity contribution < 1.29 is 9.21 Å². The molecule has 2 aliphatic heterocycles. The number of hydrogen-bond donors (Lipinski definition) is 1. The zero-order chi connectivity index (χ0) is 18.0. The number of hydrogen-bond acceptors (Lipinski definition) is 3. The Hall–Kier alpha value is -2.27. The van der Waals surface area contributed by atoms with Gasteiger partial charge in [0.2, 0.25) is 0 Å². The largest absolute Gasteiger partial charge is 0.465 e. The molecule has 0 aliphatic carbocycles. The summed E-state index contributed by atoms with van der Waals surface area (Å²) in [6.07, 6.45) is 4.55. The summed E-state index contributed by atoms with van der Waals surface area (Å²) in [5.41, 5.74) is 0.943. The predicted molar refractivity (Wildman–Crippen MR) is 102 cm³/mol. The first kappa shape index (κ1) is 17.2. The van der Waals surface area contributed by atoms with Crippen LogP contribution in [0.25, 0.3) is 0 Å². The molecule has 5 heteroatoms. The maximum absolute atomic E-state index is 12.8. The molecule has 3 heterocycles. The molecule has 4 rings (SSSR count). The van der Waals surface area contributed by atoms with E-state index in [0.29, 0.717) is 0 Å². The lowest BCUT2D eigenvalue weighted by molar-refractivity contribution is 0.0488. The van der Waals surface area contributed by atoms with Gasteiger partial charge in [-0.3, -0.25) is 4.90 Å². The van der Waals surface area contributed by atoms with Crippen molar-refractivity contribution in [3.05, 3.63) is 54.0 Å². The van der Waals surface area contributed by atoms with Gasteiger partial charge in [0.15, 0.2) is 0 Å². The van der Waals surface area contributed by atoms with Gasteiger partial charge < -0.3 is 14.6 Å². The second-order valence-corrected chi connectivity index (χ2v) is 7.58. The van der Waals surface area contributed by atoms with E-state index in [1.807, 2.05) is 48.2 Å². The molecule has 1 spiro atoms. The topological polar surface area (TPSA) is 48.7 Å². The molecule has 0 radical (unpaired) electrons. The fourth-order valence-corrected chi connectivity index (χ4v) is 4.47. The highest BCUT2D eigenvalue weighted by molar-refractivity contribution is 5.89. The molecule has 26 heavy (non-hydrogen) atoms. The molecule has 2 saturated heterocycles. The van der Waals surface area contributed by atoms with E-state index in [1.54, 1.807) is 0 Å². The quantitative estimate of drug-likeness (QED) is 0.897. The number of nitrogens with zero attached hydrogens (tertiary/aromatic N) is 2. The lowest BCUT2D eigenvalue weighted by Gasteiger charge is -2.45. The molecular weight excluding hydrogens is 326 g/mol. The zero-order valence-corrected chi connectivity index (χ0v) is 15.4. The number of aryl methyl sites for hydroxylation is 1. The SMILES string of the molecule is Cc1ccc(CN2CCC[C@]23CCCN(C(=O)Nc2ccccc2)C3)o1. The van der Waals surface area contributed by atoms with Crippen LogP contribution in [0.15, 0.2) is 46.9 Å². The van der Waals surface area contributed by atoms with Gasteiger partial charge in [0.1, 0.15) is 11.5 Å². The average molecular weight is 353 g/mol. The molecule has 1 aromatic heterocycles. The number of nitrogens with one attached hydrogen (secondary N) is 1. The van der Waals surface area contributed by atoms with Crippen molar-refractivity contribution in [2.75, 3.05) is 25.0 Å². The Balaban J connectivity index is 1.45. The number of piperidine rings is 1. The first-order valence-corrected chi connectivity index (χ1v) is 9.56. The molecule has 2 amide bonds. The number of carbonyl (C=O) groups is 1. The lowest BCUT2D eigenvalue weighted by Crippen LogP contribution is -2.57. The Morgan fingerprint density at radius 1 is 1.12 bits per heavy atom. The number of urea groups is 1. The normalized spacial score (nSPS) is 23.5. The Labute approximate surface area is 155 Å². The van der Waals surface area contributed by atoms with Gasteiger partial charge in [-0.2, -0.15) is 0 Å². The third kappa shape index (κ3) is 3.49. The highest BCUT2D eigenvalue weighted by Crippen LogP contribution is 2.38. The summed E-state index contributed by atoms with van der Waals surface area (Å²) >= 11 is 0. The fourth-order valence-electron chi connectivity index (χ4n) is 4.47. The van der Waals surface area contributed by atoms with Crippen molar-refractivity contribution in [2.24, 2.45) is 0 Å². The van der Waals surface area contributed by atoms with E-state index in [-0.39, 0.29) is 11.6 Å². The summed E-state index contributed by atoms with van der Waals surface area (Å²) in [6.45, 7) is 5.52. The van der Waals surface area contributed by atoms with Crippen molar-refractivity contribution in [2.45, 2.75) is 44.7 Å². The molecule has 0 unspecified atom stereocenters. The standard InChI is InChI=1S/C21H27N3O2/c1-17-9-10-19(26-17)15-24-14-6-12-21(24)11-5-13-23(16-21)20(25)22-18-7-3-2-4-8-18/h2-4,7-10H,5-6,11-16H2,1H3,(H,22,25)/t21-/m0/s1. The van der Waals surface area contributed by atoms with Gasteiger partial charge in [-0.05, 0) is 63.4 Å². The molecule has 2 aromatic rings. The van der Waals surface area contributed by atoms with Gasteiger partial charge in [-0.15, -0.1) is 0 Å². The van der Waals surface area contributed by atoms with Crippen LogP contribution in [0.5, 0.6) is 0 Å². The van der Waals surface area contributed by atoms with Crippen LogP contribution in [0.4, 0.5) is 10.5 Å². The smallest absolute Gasteiger partial charge is 0.321 e. The third-order valence-electron chi connectivity index (χ3n) is 5.75. The van der Waals surface area contributed by atoms with E-state index in [0.717, 1.165) is 62.6 Å². The second-order valence-electron chi connectivity index (χ2n) is 7.58. The van der Waals surface area contributed by atoms with Crippen LogP contribution in [0.2, 0.25) is 0 Å². The summed E-state index contributed by atoms with van der Waals surface area (Å²) in [4.78, 5) is 17.3. The molecule has 1 N–H and O–H groups in total. The minimum Gasteiger partial charge on any atom is -0.465 e. The number of amides is 2. The highest BCUT2D eigenvalue weighted by Gasteiger charge is 2.45. The van der Waals surface area contributed by atoms with Crippen LogP contribution in [0, 0.1) is 6.92 Å². The monoisotopic (exact) mass is 353 g/mol. The van der Waals surface area contributed by atoms with Gasteiger partial charge in [0, 0.05) is 24.3 Å². The van der Waals surface area contributed by atoms with Gasteiger partial charge in [0.05, 0.1) is 6.54 Å². The number of likely N-dealkylation sites (tertiary alicyclic amines) is 2. The fraction of sp³-hybridized carbons (Fsp3) is 0.476. The Kier molecular flexibility index (Phi) is 4.72. The first-order chi connectivity index (χ1) is 12.6. The molecule has 1 aromatic carbocycles. The minimum atomic E-state index is 0.0102. The van der Waals surface area contributed by atoms with E-state index in [1.165, 1.54) is 6.42 Å². The number of rotatable bonds is 3. The maximum atomic E-state index is 12.8. The van der Waals surface area contributed by atoms with Gasteiger partial charge in [0.25, 0.3) is 0 Å². The summed E-state index contributed by atoms with van der Waals surface area (Å²) < 4.78 is 5.80. The number of benzene rings is 1. The highest BCUT2D eigenvalue weighted by atomic mass is 16.3. The summed E-state index contributed by atoms with van der Waals surface area (Å²) in [6, 6.07) is 13.8. The number of furan rings is 1. The molecule has 138 valence electrons. The lowest BCUT2D eigenvalue weighted by atomic mass is 9.86. The number of para-hydroxylation sites is 1. The Morgan fingerprint density at radius 3 is 2.62 bits per heavy atom. The molecule has 5 nitrogen and oxygen atoms in total. The van der Waals surface area contributed by atoms with Crippen LogP contribution < -0.4 is 5.32 Å². The van der Waals surface area contributed by atoms with E-state index in [4.69, 9.17) is 4.42 Å². The maximum Gasteiger partial charge on any atom is 0.321 e. The van der Waals surface area contributed by atoms with Crippen LogP contribution in [0.3, 0.4) is 0 Å². The average Bonchev–Trinajstić information content (AvgIpc) is 3.23. The van der Waals surface area contributed by atoms with E-state index < -0.39 is 0 Å². The first-order valence-electron chi connectivity index (χ1n) is 9.56. The zero-order valence-electron chi connectivity index (χ0n) is 15.4. The molecule has 2 aliphatic rings. The summed E-state index contributed by atoms with van der Waals surface area (Å²) in [7, 11) is 0. The van der Waals surface area contributed by atoms with Gasteiger partial charge in [-0.25, -0.2) is 4.79 Å². The molecule has 0 saturated carbocycles. The van der Waals surface area contributed by atoms with Crippen molar-refractivity contribution in [3.8, 4) is 0 Å². The molecule has 0 bridgehead atoms. The van der Waals surface area contributed by atoms with Crippen LogP contribution in [-0.2, 0) is 6.54 Å². The Bertz CT molecular complexity index is 758. The molecule has 2 fully saturated rings. The van der Waals surface area contributed by atoms with E-state index in [9.17, 15) is 4.79 Å². The Morgan fingerprint density at radius 2 is 1.88 bits per heavy atom. The van der Waals surface area contributed by atoms with E-state index >= 15 is 0 Å². The van der Waals surface area contributed by atoms with Crippen LogP contribution >= 0.6 is 0 Å².